The Morgan fingerprint density at radius 3 is 2.35 bits per heavy atom. The van der Waals surface area contributed by atoms with Crippen molar-refractivity contribution in [3.63, 3.8) is 0 Å². The fourth-order valence-corrected chi connectivity index (χ4v) is 3.48. The quantitative estimate of drug-likeness (QED) is 0.655. The molecule has 1 saturated carbocycles. The van der Waals surface area contributed by atoms with Crippen molar-refractivity contribution < 1.29 is 24.9 Å². The van der Waals surface area contributed by atoms with Crippen LogP contribution in [0.25, 0.3) is 0 Å². The van der Waals surface area contributed by atoms with Crippen LogP contribution in [0, 0.1) is 0 Å². The van der Waals surface area contributed by atoms with Crippen molar-refractivity contribution in [2.75, 3.05) is 5.32 Å². The molecule has 0 unspecified atom stereocenters. The highest BCUT2D eigenvalue weighted by Gasteiger charge is 2.23. The van der Waals surface area contributed by atoms with Gasteiger partial charge in [-0.1, -0.05) is 31.4 Å². The van der Waals surface area contributed by atoms with Gasteiger partial charge in [-0.25, -0.2) is 0 Å². The minimum atomic E-state index is -1.19. The predicted octanol–water partition coefficient (Wildman–Crippen LogP) is 3.28. The summed E-state index contributed by atoms with van der Waals surface area (Å²) < 4.78 is 0.902. The summed E-state index contributed by atoms with van der Waals surface area (Å²) in [4.78, 5) is 23.1. The molecule has 3 rings (SSSR count). The third-order valence-electron chi connectivity index (χ3n) is 4.81. The van der Waals surface area contributed by atoms with E-state index in [1.807, 2.05) is 12.1 Å². The second-order valence-electron chi connectivity index (χ2n) is 6.65. The number of amides is 1. The average Bonchev–Trinajstić information content (AvgIpc) is 2.89. The Morgan fingerprint density at radius 2 is 1.73 bits per heavy atom. The molecule has 0 saturated heterocycles. The van der Waals surface area contributed by atoms with Crippen LogP contribution >= 0.6 is 0 Å². The van der Waals surface area contributed by atoms with Crippen molar-refractivity contribution in [2.45, 2.75) is 44.6 Å². The van der Waals surface area contributed by atoms with Gasteiger partial charge in [0.2, 0.25) is 5.88 Å². The molecule has 1 aromatic heterocycles. The molecule has 0 bridgehead atoms. The maximum absolute atomic E-state index is 12.3. The lowest BCUT2D eigenvalue weighted by molar-refractivity contribution is -0.137. The molecular weight excluding hydrogens is 336 g/mol. The smallest absolute Gasteiger partial charge is 0.323 e. The fraction of sp³-hybridized carbons (Fsp3) is 0.368. The molecule has 0 atom stereocenters. The number of carboxylic acid groups (broad SMARTS) is 1. The molecule has 7 nitrogen and oxygen atoms in total. The van der Waals surface area contributed by atoms with Gasteiger partial charge in [-0.05, 0) is 36.5 Å². The number of aromatic nitrogens is 1. The predicted molar refractivity (Wildman–Crippen MR) is 95.6 cm³/mol. The first kappa shape index (κ1) is 17.8. The van der Waals surface area contributed by atoms with Crippen LogP contribution in [0.1, 0.15) is 53.9 Å². The van der Waals surface area contributed by atoms with Crippen LogP contribution in [0.15, 0.2) is 30.5 Å². The topological polar surface area (TPSA) is 112 Å². The summed E-state index contributed by atoms with van der Waals surface area (Å²) in [5, 5.41) is 31.3. The molecule has 1 fully saturated rings. The summed E-state index contributed by atoms with van der Waals surface area (Å²) in [7, 11) is 0. The van der Waals surface area contributed by atoms with Crippen LogP contribution in [0.4, 0.5) is 5.69 Å². The molecule has 1 aromatic carbocycles. The molecule has 0 radical (unpaired) electrons. The van der Waals surface area contributed by atoms with Crippen molar-refractivity contribution >= 4 is 17.6 Å². The fourth-order valence-electron chi connectivity index (χ4n) is 3.48. The molecule has 7 heteroatoms. The number of benzene rings is 1. The Hall–Kier alpha value is -2.96. The summed E-state index contributed by atoms with van der Waals surface area (Å²) in [6.07, 6.45) is 7.17. The van der Waals surface area contributed by atoms with E-state index in [0.717, 1.165) is 10.8 Å². The van der Waals surface area contributed by atoms with Gasteiger partial charge in [0.1, 0.15) is 17.9 Å². The molecule has 138 valence electrons. The van der Waals surface area contributed by atoms with Gasteiger partial charge >= 0.3 is 5.97 Å². The minimum Gasteiger partial charge on any atom is -0.505 e. The second kappa shape index (κ2) is 7.51. The van der Waals surface area contributed by atoms with E-state index in [1.54, 1.807) is 12.1 Å². The van der Waals surface area contributed by atoms with E-state index < -0.39 is 30.1 Å². The number of carbonyl (C=O) groups excluding carboxylic acids is 1. The van der Waals surface area contributed by atoms with Crippen LogP contribution in [-0.2, 0) is 11.3 Å². The van der Waals surface area contributed by atoms with Gasteiger partial charge in [-0.15, -0.1) is 0 Å². The number of anilines is 1. The molecule has 2 aromatic rings. The van der Waals surface area contributed by atoms with Gasteiger partial charge in [-0.2, -0.15) is 0 Å². The molecule has 0 spiro atoms. The van der Waals surface area contributed by atoms with Crippen LogP contribution in [0.2, 0.25) is 0 Å². The molecule has 1 amide bonds. The number of carbonyl (C=O) groups is 2. The van der Waals surface area contributed by atoms with Crippen molar-refractivity contribution in [3.8, 4) is 11.6 Å². The molecule has 1 heterocycles. The Bertz CT molecular complexity index is 804. The first-order valence-electron chi connectivity index (χ1n) is 8.70. The van der Waals surface area contributed by atoms with Gasteiger partial charge in [-0.3, -0.25) is 9.59 Å². The van der Waals surface area contributed by atoms with Crippen LogP contribution in [0.3, 0.4) is 0 Å². The molecule has 0 aliphatic heterocycles. The lowest BCUT2D eigenvalue weighted by Gasteiger charge is -2.22. The Morgan fingerprint density at radius 1 is 1.08 bits per heavy atom. The lowest BCUT2D eigenvalue weighted by atomic mass is 9.84. The van der Waals surface area contributed by atoms with Crippen molar-refractivity contribution in [1.82, 2.24) is 4.57 Å². The number of carboxylic acids is 1. The van der Waals surface area contributed by atoms with E-state index >= 15 is 0 Å². The van der Waals surface area contributed by atoms with Gasteiger partial charge < -0.3 is 25.2 Å². The van der Waals surface area contributed by atoms with Crippen molar-refractivity contribution in [3.05, 3.63) is 41.6 Å². The van der Waals surface area contributed by atoms with Crippen LogP contribution in [-0.4, -0.2) is 31.8 Å². The van der Waals surface area contributed by atoms with Gasteiger partial charge in [0.15, 0.2) is 0 Å². The number of aromatic hydroxyl groups is 2. The normalized spacial score (nSPS) is 14.9. The SMILES string of the molecule is O=C(O)Cn1cc(O)c(C(=O)Nc2ccc(C3CCCCC3)cc2)c1O. The number of hydrogen-bond donors (Lipinski definition) is 4. The molecular formula is C19H22N2O5. The zero-order valence-electron chi connectivity index (χ0n) is 14.3. The Labute approximate surface area is 150 Å². The zero-order valence-corrected chi connectivity index (χ0v) is 14.3. The highest BCUT2D eigenvalue weighted by molar-refractivity contribution is 6.08. The molecule has 26 heavy (non-hydrogen) atoms. The average molecular weight is 358 g/mol. The lowest BCUT2D eigenvalue weighted by Crippen LogP contribution is -2.13. The summed E-state index contributed by atoms with van der Waals surface area (Å²) >= 11 is 0. The monoisotopic (exact) mass is 358 g/mol. The summed E-state index contributed by atoms with van der Waals surface area (Å²) in [5.74, 6) is -2.39. The van der Waals surface area contributed by atoms with E-state index in [4.69, 9.17) is 5.11 Å². The minimum absolute atomic E-state index is 0.345. The number of nitrogens with zero attached hydrogens (tertiary/aromatic N) is 1. The maximum atomic E-state index is 12.3. The number of nitrogens with one attached hydrogen (secondary N) is 1. The standard InChI is InChI=1S/C19H22N2O5/c22-15-10-21(11-16(23)24)19(26)17(15)18(25)20-14-8-6-13(7-9-14)12-4-2-1-3-5-12/h6-10,12,22,26H,1-5,11H2,(H,20,25)(H,23,24). The first-order valence-corrected chi connectivity index (χ1v) is 8.70. The first-order chi connectivity index (χ1) is 12.5. The zero-order chi connectivity index (χ0) is 18.7. The van der Waals surface area contributed by atoms with E-state index in [-0.39, 0.29) is 5.56 Å². The number of aliphatic carboxylic acids is 1. The van der Waals surface area contributed by atoms with E-state index in [1.165, 1.54) is 37.7 Å². The molecule has 1 aliphatic carbocycles. The van der Waals surface area contributed by atoms with E-state index in [0.29, 0.717) is 11.6 Å². The summed E-state index contributed by atoms with van der Waals surface area (Å²) in [6, 6.07) is 7.57. The Kier molecular flexibility index (Phi) is 5.16. The van der Waals surface area contributed by atoms with Crippen LogP contribution in [0.5, 0.6) is 11.6 Å². The molecule has 1 aliphatic rings. The van der Waals surface area contributed by atoms with E-state index in [2.05, 4.69) is 5.32 Å². The van der Waals surface area contributed by atoms with Gasteiger partial charge in [0, 0.05) is 5.69 Å². The Balaban J connectivity index is 1.72. The number of rotatable bonds is 5. The van der Waals surface area contributed by atoms with Crippen LogP contribution < -0.4 is 5.32 Å². The van der Waals surface area contributed by atoms with E-state index in [9.17, 15) is 19.8 Å². The third kappa shape index (κ3) is 3.82. The van der Waals surface area contributed by atoms with Crippen molar-refractivity contribution in [2.24, 2.45) is 0 Å². The van der Waals surface area contributed by atoms with Gasteiger partial charge in [0.25, 0.3) is 5.91 Å². The largest absolute Gasteiger partial charge is 0.505 e. The third-order valence-corrected chi connectivity index (χ3v) is 4.81. The highest BCUT2D eigenvalue weighted by Crippen LogP contribution is 2.33. The highest BCUT2D eigenvalue weighted by atomic mass is 16.4. The molecule has 4 N–H and O–H groups in total. The summed E-state index contributed by atoms with van der Waals surface area (Å²) in [5.41, 5.74) is 1.45. The maximum Gasteiger partial charge on any atom is 0.323 e. The summed E-state index contributed by atoms with van der Waals surface area (Å²) in [6.45, 7) is -0.553. The second-order valence-corrected chi connectivity index (χ2v) is 6.65. The van der Waals surface area contributed by atoms with Crippen molar-refractivity contribution in [1.29, 1.82) is 0 Å². The number of hydrogen-bond acceptors (Lipinski definition) is 4. The van der Waals surface area contributed by atoms with Gasteiger partial charge in [0.05, 0.1) is 6.20 Å².